The van der Waals surface area contributed by atoms with Crippen molar-refractivity contribution in [3.63, 3.8) is 0 Å². The highest BCUT2D eigenvalue weighted by Crippen LogP contribution is 2.49. The minimum atomic E-state index is -2.19. The molecule has 0 bridgehead atoms. The van der Waals surface area contributed by atoms with Crippen LogP contribution in [-0.2, 0) is 14.1 Å². The molecule has 8 nitrogen and oxygen atoms in total. The van der Waals surface area contributed by atoms with Crippen LogP contribution in [0.2, 0.25) is 0 Å². The predicted octanol–water partition coefficient (Wildman–Crippen LogP) is 1.99. The first-order chi connectivity index (χ1) is 15.6. The third-order valence-corrected chi connectivity index (χ3v) is 10.2. The number of hydrogen-bond donors (Lipinski definition) is 5. The van der Waals surface area contributed by atoms with Gasteiger partial charge in [-0.25, -0.2) is 0 Å². The zero-order chi connectivity index (χ0) is 24.2. The minimum Gasteiger partial charge on any atom is -0.380 e. The van der Waals surface area contributed by atoms with Gasteiger partial charge in [-0.1, -0.05) is 26.3 Å². The Hall–Kier alpha value is -0.470. The van der Waals surface area contributed by atoms with Crippen LogP contribution < -0.4 is 26.6 Å². The first-order valence-electron chi connectivity index (χ1n) is 12.3. The lowest BCUT2D eigenvalue weighted by atomic mass is 9.80. The highest BCUT2D eigenvalue weighted by Gasteiger charge is 2.40. The average molecular weight is 504 g/mol. The summed E-state index contributed by atoms with van der Waals surface area (Å²) >= 11 is 6.68. The van der Waals surface area contributed by atoms with Crippen molar-refractivity contribution in [3.05, 3.63) is 12.7 Å². The van der Waals surface area contributed by atoms with Crippen molar-refractivity contribution in [3.8, 4) is 0 Å². The Morgan fingerprint density at radius 3 is 2.55 bits per heavy atom. The second kappa shape index (κ2) is 12.0. The minimum absolute atomic E-state index is 0.0504. The van der Waals surface area contributed by atoms with Gasteiger partial charge in [0.25, 0.3) is 0 Å². The van der Waals surface area contributed by atoms with Gasteiger partial charge in [-0.2, -0.15) is 0 Å². The molecular weight excluding hydrogens is 461 g/mol. The Kier molecular flexibility index (Phi) is 9.85. The quantitative estimate of drug-likeness (QED) is 0.196. The fourth-order valence-electron chi connectivity index (χ4n) is 5.68. The summed E-state index contributed by atoms with van der Waals surface area (Å²) in [6, 6.07) is 0.328. The molecule has 3 aliphatic rings. The molecule has 3 fully saturated rings. The molecular formula is C23H43ClN5O3P. The molecule has 0 radical (unpaired) electrons. The number of hydrogen-bond acceptors (Lipinski definition) is 7. The summed E-state index contributed by atoms with van der Waals surface area (Å²) in [5.74, 6) is 0.170. The van der Waals surface area contributed by atoms with E-state index < -0.39 is 7.14 Å². The molecule has 3 rings (SSSR count). The van der Waals surface area contributed by atoms with E-state index in [1.807, 2.05) is 13.3 Å². The van der Waals surface area contributed by atoms with Crippen LogP contribution in [0, 0.1) is 5.92 Å². The average Bonchev–Trinajstić information content (AvgIpc) is 2.77. The standard InChI is InChI=1S/C23H43ClN5O3P/c1-6-21(30)26-17-12-18(19(32-3)11-14(17)2)28-23-25-13-15(24)22(29-23)27-16-9-7-8-10-20(16)33(4,5)31/h6,14-20,22-23,25,27-29H,1,7-13H2,2-5H3,(H,26,30). The Morgan fingerprint density at radius 1 is 1.15 bits per heavy atom. The van der Waals surface area contributed by atoms with Crippen molar-refractivity contribution in [2.24, 2.45) is 5.92 Å². The SMILES string of the molecule is C=CC(=O)NC1CC(NC2NCC(Cl)C(NC3CCCCC3P(C)(C)=O)N2)C(OC)CC1C. The summed E-state index contributed by atoms with van der Waals surface area (Å²) in [5, 5.41) is 17.3. The lowest BCUT2D eigenvalue weighted by Gasteiger charge is -2.45. The molecule has 0 aromatic carbocycles. The van der Waals surface area contributed by atoms with Crippen LogP contribution in [0.15, 0.2) is 12.7 Å². The zero-order valence-corrected chi connectivity index (χ0v) is 22.1. The maximum absolute atomic E-state index is 12.9. The van der Waals surface area contributed by atoms with Crippen molar-refractivity contribution in [2.75, 3.05) is 27.0 Å². The van der Waals surface area contributed by atoms with E-state index in [-0.39, 0.29) is 53.6 Å². The summed E-state index contributed by atoms with van der Waals surface area (Å²) in [6.07, 6.45) is 7.08. The van der Waals surface area contributed by atoms with E-state index >= 15 is 0 Å². The van der Waals surface area contributed by atoms with Gasteiger partial charge in [-0.3, -0.25) is 26.1 Å². The van der Waals surface area contributed by atoms with E-state index in [0.29, 0.717) is 12.5 Å². The van der Waals surface area contributed by atoms with Crippen molar-refractivity contribution in [1.29, 1.82) is 0 Å². The summed E-state index contributed by atoms with van der Waals surface area (Å²) in [5.41, 5.74) is 0.199. The topological polar surface area (TPSA) is 104 Å². The summed E-state index contributed by atoms with van der Waals surface area (Å²) in [6.45, 7) is 10.2. The number of amides is 1. The van der Waals surface area contributed by atoms with Crippen molar-refractivity contribution >= 4 is 24.7 Å². The third-order valence-electron chi connectivity index (χ3n) is 7.59. The van der Waals surface area contributed by atoms with E-state index in [0.717, 1.165) is 38.5 Å². The molecule has 0 aromatic rings. The Morgan fingerprint density at radius 2 is 1.88 bits per heavy atom. The van der Waals surface area contributed by atoms with Crippen molar-refractivity contribution < 1.29 is 14.1 Å². The number of carbonyl (C=O) groups excluding carboxylic acids is 1. The number of nitrogens with one attached hydrogen (secondary N) is 5. The molecule has 0 spiro atoms. The second-order valence-corrected chi connectivity index (χ2v) is 14.5. The number of ether oxygens (including phenoxy) is 1. The lowest BCUT2D eigenvalue weighted by Crippen LogP contribution is -2.72. The van der Waals surface area contributed by atoms with Gasteiger partial charge in [-0.15, -0.1) is 11.6 Å². The van der Waals surface area contributed by atoms with Gasteiger partial charge in [0.15, 0.2) is 0 Å². The van der Waals surface area contributed by atoms with Crippen LogP contribution in [0.25, 0.3) is 0 Å². The fraction of sp³-hybridized carbons (Fsp3) is 0.870. The molecule has 1 aliphatic heterocycles. The molecule has 2 saturated carbocycles. The molecule has 1 saturated heterocycles. The molecule has 190 valence electrons. The van der Waals surface area contributed by atoms with E-state index in [1.165, 1.54) is 6.08 Å². The normalized spacial score (nSPS) is 40.2. The number of methoxy groups -OCH3 is 1. The van der Waals surface area contributed by atoms with E-state index in [4.69, 9.17) is 16.3 Å². The highest BCUT2D eigenvalue weighted by molar-refractivity contribution is 7.63. The summed E-state index contributed by atoms with van der Waals surface area (Å²) in [4.78, 5) is 11.9. The number of halogens is 1. The van der Waals surface area contributed by atoms with E-state index in [2.05, 4.69) is 40.1 Å². The molecule has 10 heteroatoms. The van der Waals surface area contributed by atoms with Crippen molar-refractivity contribution in [1.82, 2.24) is 26.6 Å². The number of carbonyl (C=O) groups is 1. The Balaban J connectivity index is 1.62. The molecule has 2 aliphatic carbocycles. The molecule has 1 heterocycles. The first-order valence-corrected chi connectivity index (χ1v) is 15.4. The molecule has 9 unspecified atom stereocenters. The summed E-state index contributed by atoms with van der Waals surface area (Å²) in [7, 11) is -0.448. The highest BCUT2D eigenvalue weighted by atomic mass is 35.5. The van der Waals surface area contributed by atoms with Gasteiger partial charge in [-0.05, 0) is 51.0 Å². The molecule has 9 atom stereocenters. The van der Waals surface area contributed by atoms with Crippen LogP contribution in [0.5, 0.6) is 0 Å². The summed E-state index contributed by atoms with van der Waals surface area (Å²) < 4.78 is 18.7. The van der Waals surface area contributed by atoms with Gasteiger partial charge >= 0.3 is 0 Å². The molecule has 33 heavy (non-hydrogen) atoms. The molecule has 0 aromatic heterocycles. The van der Waals surface area contributed by atoms with E-state index in [1.54, 1.807) is 7.11 Å². The monoisotopic (exact) mass is 503 g/mol. The largest absolute Gasteiger partial charge is 0.380 e. The van der Waals surface area contributed by atoms with Gasteiger partial charge in [0.05, 0.1) is 24.8 Å². The van der Waals surface area contributed by atoms with Gasteiger partial charge < -0.3 is 14.6 Å². The lowest BCUT2D eigenvalue weighted by molar-refractivity contribution is -0.118. The maximum Gasteiger partial charge on any atom is 0.243 e. The number of alkyl halides is 1. The zero-order valence-electron chi connectivity index (χ0n) is 20.5. The second-order valence-electron chi connectivity index (χ2n) is 10.4. The van der Waals surface area contributed by atoms with Gasteiger partial charge in [0.2, 0.25) is 5.91 Å². The van der Waals surface area contributed by atoms with Gasteiger partial charge in [0, 0.05) is 37.4 Å². The van der Waals surface area contributed by atoms with E-state index in [9.17, 15) is 9.36 Å². The third kappa shape index (κ3) is 7.26. The van der Waals surface area contributed by atoms with Gasteiger partial charge in [0.1, 0.15) is 6.29 Å². The molecule has 5 N–H and O–H groups in total. The Bertz CT molecular complexity index is 722. The maximum atomic E-state index is 12.9. The first kappa shape index (κ1) is 27.1. The van der Waals surface area contributed by atoms with Crippen LogP contribution in [0.1, 0.15) is 45.4 Å². The van der Waals surface area contributed by atoms with Crippen LogP contribution in [0.3, 0.4) is 0 Å². The molecule has 1 amide bonds. The van der Waals surface area contributed by atoms with Crippen LogP contribution in [0.4, 0.5) is 0 Å². The Labute approximate surface area is 204 Å². The van der Waals surface area contributed by atoms with Crippen molar-refractivity contribution in [2.45, 2.75) is 93.2 Å². The van der Waals surface area contributed by atoms with Crippen LogP contribution >= 0.6 is 18.7 Å². The number of rotatable bonds is 8. The predicted molar refractivity (Wildman–Crippen MR) is 135 cm³/mol. The fourth-order valence-corrected chi connectivity index (χ4v) is 7.82. The van der Waals surface area contributed by atoms with Crippen LogP contribution in [-0.4, -0.2) is 80.6 Å². The smallest absolute Gasteiger partial charge is 0.243 e.